The zero-order chi connectivity index (χ0) is 18.8. The van der Waals surface area contributed by atoms with Gasteiger partial charge in [0.1, 0.15) is 10.9 Å². The van der Waals surface area contributed by atoms with Crippen molar-refractivity contribution in [3.8, 4) is 0 Å². The molecule has 134 valence electrons. The molecule has 4 rings (SSSR count). The maximum absolute atomic E-state index is 11.6. The van der Waals surface area contributed by atoms with Gasteiger partial charge in [-0.1, -0.05) is 6.07 Å². The van der Waals surface area contributed by atoms with E-state index < -0.39 is 5.91 Å². The van der Waals surface area contributed by atoms with E-state index >= 15 is 0 Å². The van der Waals surface area contributed by atoms with Gasteiger partial charge in [0, 0.05) is 30.1 Å². The van der Waals surface area contributed by atoms with E-state index in [4.69, 9.17) is 5.73 Å². The van der Waals surface area contributed by atoms with E-state index in [9.17, 15) is 4.79 Å². The summed E-state index contributed by atoms with van der Waals surface area (Å²) in [6.45, 7) is 0. The van der Waals surface area contributed by atoms with Gasteiger partial charge in [-0.2, -0.15) is 5.10 Å². The molecule has 0 saturated heterocycles. The summed E-state index contributed by atoms with van der Waals surface area (Å²) in [5, 5.41) is 7.44. The van der Waals surface area contributed by atoms with Crippen LogP contribution in [0.15, 0.2) is 59.9 Å². The van der Waals surface area contributed by atoms with Crippen LogP contribution in [0.2, 0.25) is 0 Å². The lowest BCUT2D eigenvalue weighted by Crippen LogP contribution is -2.12. The van der Waals surface area contributed by atoms with E-state index in [0.717, 1.165) is 16.8 Å². The van der Waals surface area contributed by atoms with Gasteiger partial charge in [0.15, 0.2) is 11.5 Å². The van der Waals surface area contributed by atoms with Crippen molar-refractivity contribution in [3.63, 3.8) is 0 Å². The Balaban J connectivity index is 1.76. The van der Waals surface area contributed by atoms with Crippen molar-refractivity contribution in [1.29, 1.82) is 0 Å². The van der Waals surface area contributed by atoms with Crippen LogP contribution in [-0.4, -0.2) is 30.5 Å². The Morgan fingerprint density at radius 2 is 2.11 bits per heavy atom. The highest BCUT2D eigenvalue weighted by Crippen LogP contribution is 2.26. The van der Waals surface area contributed by atoms with Crippen LogP contribution in [0, 0.1) is 0 Å². The lowest BCUT2D eigenvalue weighted by Gasteiger charge is -2.13. The van der Waals surface area contributed by atoms with E-state index in [1.807, 2.05) is 18.2 Å². The standard InChI is InChI=1S/C18H14BrN7O/c19-15-9-22-17(18-23-10-24-26(15)18)25-14-4-3-12(16(20)27)7-13(14)6-11-2-1-5-21-8-11/h1-5,7-10H,6H2,(H2,20,27)(H,22,25). The summed E-state index contributed by atoms with van der Waals surface area (Å²) in [6.07, 6.45) is 7.19. The van der Waals surface area contributed by atoms with E-state index in [1.54, 1.807) is 35.2 Å². The van der Waals surface area contributed by atoms with E-state index in [0.29, 0.717) is 28.1 Å². The lowest BCUT2D eigenvalue weighted by atomic mass is 10.0. The molecule has 0 aliphatic rings. The topological polar surface area (TPSA) is 111 Å². The molecule has 0 unspecified atom stereocenters. The zero-order valence-electron chi connectivity index (χ0n) is 14.0. The SMILES string of the molecule is NC(=O)c1ccc(Nc2ncc(Br)n3ncnc23)c(Cc2cccnc2)c1. The van der Waals surface area contributed by atoms with Crippen LogP contribution in [0.4, 0.5) is 11.5 Å². The fourth-order valence-corrected chi connectivity index (χ4v) is 3.10. The molecule has 4 aromatic rings. The second-order valence-corrected chi connectivity index (χ2v) is 6.64. The third kappa shape index (κ3) is 3.49. The van der Waals surface area contributed by atoms with Crippen molar-refractivity contribution in [2.24, 2.45) is 5.73 Å². The molecular formula is C18H14BrN7O. The number of benzene rings is 1. The molecule has 0 aliphatic heterocycles. The van der Waals surface area contributed by atoms with Gasteiger partial charge in [-0.3, -0.25) is 9.78 Å². The Hall–Kier alpha value is -3.33. The van der Waals surface area contributed by atoms with Crippen LogP contribution in [0.3, 0.4) is 0 Å². The summed E-state index contributed by atoms with van der Waals surface area (Å²) in [7, 11) is 0. The fourth-order valence-electron chi connectivity index (χ4n) is 2.74. The van der Waals surface area contributed by atoms with Crippen molar-refractivity contribution in [1.82, 2.24) is 24.6 Å². The van der Waals surface area contributed by atoms with Gasteiger partial charge >= 0.3 is 0 Å². The number of nitrogens with one attached hydrogen (secondary N) is 1. The molecule has 0 spiro atoms. The minimum Gasteiger partial charge on any atom is -0.366 e. The van der Waals surface area contributed by atoms with Crippen LogP contribution >= 0.6 is 15.9 Å². The first kappa shape index (κ1) is 17.1. The Morgan fingerprint density at radius 3 is 2.89 bits per heavy atom. The number of halogens is 1. The van der Waals surface area contributed by atoms with Gasteiger partial charge in [-0.15, -0.1) is 0 Å². The van der Waals surface area contributed by atoms with Gasteiger partial charge in [-0.25, -0.2) is 14.5 Å². The van der Waals surface area contributed by atoms with Gasteiger partial charge in [-0.05, 0) is 51.3 Å². The number of nitrogens with zero attached hydrogens (tertiary/aromatic N) is 5. The summed E-state index contributed by atoms with van der Waals surface area (Å²) in [6, 6.07) is 9.11. The molecule has 9 heteroatoms. The van der Waals surface area contributed by atoms with Crippen molar-refractivity contribution in [2.75, 3.05) is 5.32 Å². The predicted molar refractivity (Wildman–Crippen MR) is 104 cm³/mol. The first-order valence-electron chi connectivity index (χ1n) is 8.05. The van der Waals surface area contributed by atoms with Crippen LogP contribution in [-0.2, 0) is 6.42 Å². The van der Waals surface area contributed by atoms with Crippen molar-refractivity contribution >= 4 is 39.0 Å². The minimum atomic E-state index is -0.476. The molecule has 3 aromatic heterocycles. The lowest BCUT2D eigenvalue weighted by molar-refractivity contribution is 0.1000. The van der Waals surface area contributed by atoms with Crippen LogP contribution in [0.1, 0.15) is 21.5 Å². The molecule has 0 aliphatic carbocycles. The van der Waals surface area contributed by atoms with Gasteiger partial charge in [0.25, 0.3) is 0 Å². The highest BCUT2D eigenvalue weighted by Gasteiger charge is 2.13. The molecule has 8 nitrogen and oxygen atoms in total. The van der Waals surface area contributed by atoms with Crippen molar-refractivity contribution < 1.29 is 4.79 Å². The first-order chi connectivity index (χ1) is 13.1. The highest BCUT2D eigenvalue weighted by atomic mass is 79.9. The summed E-state index contributed by atoms with van der Waals surface area (Å²) in [5.74, 6) is 0.0746. The Kier molecular flexibility index (Phi) is 4.51. The normalized spacial score (nSPS) is 10.9. The highest BCUT2D eigenvalue weighted by molar-refractivity contribution is 9.10. The zero-order valence-corrected chi connectivity index (χ0v) is 15.6. The number of amides is 1. The average Bonchev–Trinajstić information content (AvgIpc) is 3.17. The number of primary amides is 1. The third-order valence-electron chi connectivity index (χ3n) is 4.02. The number of fused-ring (bicyclic) bond motifs is 1. The summed E-state index contributed by atoms with van der Waals surface area (Å²) >= 11 is 3.39. The Morgan fingerprint density at radius 1 is 1.22 bits per heavy atom. The van der Waals surface area contributed by atoms with E-state index in [-0.39, 0.29) is 0 Å². The summed E-state index contributed by atoms with van der Waals surface area (Å²) in [5.41, 5.74) is 9.16. The monoisotopic (exact) mass is 423 g/mol. The van der Waals surface area contributed by atoms with Crippen LogP contribution in [0.5, 0.6) is 0 Å². The summed E-state index contributed by atoms with van der Waals surface area (Å²) in [4.78, 5) is 24.4. The number of anilines is 2. The Labute approximate surface area is 162 Å². The maximum Gasteiger partial charge on any atom is 0.248 e. The Bertz CT molecular complexity index is 1130. The number of rotatable bonds is 5. The molecule has 0 bridgehead atoms. The molecule has 1 amide bonds. The van der Waals surface area contributed by atoms with Gasteiger partial charge in [0.2, 0.25) is 5.91 Å². The van der Waals surface area contributed by atoms with E-state index in [2.05, 4.69) is 41.3 Å². The first-order valence-corrected chi connectivity index (χ1v) is 8.84. The average molecular weight is 424 g/mol. The molecule has 1 aromatic carbocycles. The molecule has 0 radical (unpaired) electrons. The number of aromatic nitrogens is 5. The van der Waals surface area contributed by atoms with Gasteiger partial charge < -0.3 is 11.1 Å². The molecule has 0 fully saturated rings. The molecule has 3 heterocycles. The van der Waals surface area contributed by atoms with Crippen LogP contribution in [0.25, 0.3) is 5.65 Å². The summed E-state index contributed by atoms with van der Waals surface area (Å²) < 4.78 is 2.33. The largest absolute Gasteiger partial charge is 0.366 e. The minimum absolute atomic E-state index is 0.441. The van der Waals surface area contributed by atoms with Crippen LogP contribution < -0.4 is 11.1 Å². The maximum atomic E-state index is 11.6. The number of pyridine rings is 1. The number of carbonyl (C=O) groups is 1. The predicted octanol–water partition coefficient (Wildman–Crippen LogP) is 2.72. The number of carbonyl (C=O) groups excluding carboxylic acids is 1. The van der Waals surface area contributed by atoms with Gasteiger partial charge in [0.05, 0.1) is 6.20 Å². The quantitative estimate of drug-likeness (QED) is 0.510. The number of hydrogen-bond acceptors (Lipinski definition) is 6. The van der Waals surface area contributed by atoms with Crippen molar-refractivity contribution in [3.05, 3.63) is 76.5 Å². The molecule has 0 saturated carbocycles. The van der Waals surface area contributed by atoms with Crippen molar-refractivity contribution in [2.45, 2.75) is 6.42 Å². The molecule has 0 atom stereocenters. The molecule has 3 N–H and O–H groups in total. The second kappa shape index (κ2) is 7.12. The second-order valence-electron chi connectivity index (χ2n) is 5.82. The smallest absolute Gasteiger partial charge is 0.248 e. The molecule has 27 heavy (non-hydrogen) atoms. The molecular weight excluding hydrogens is 410 g/mol. The van der Waals surface area contributed by atoms with E-state index in [1.165, 1.54) is 6.33 Å². The number of nitrogens with two attached hydrogens (primary N) is 1. The third-order valence-corrected chi connectivity index (χ3v) is 4.56. The number of hydrogen-bond donors (Lipinski definition) is 2. The fraction of sp³-hybridized carbons (Fsp3) is 0.0556.